The van der Waals surface area contributed by atoms with Crippen molar-refractivity contribution in [2.24, 2.45) is 11.3 Å². The van der Waals surface area contributed by atoms with E-state index in [9.17, 15) is 18.8 Å². The number of nitrogens with one attached hydrogen (secondary N) is 2. The quantitative estimate of drug-likeness (QED) is 0.698. The molecule has 170 valence electrons. The minimum Gasteiger partial charge on any atom is -0.350 e. The normalized spacial score (nSPS) is 24.6. The van der Waals surface area contributed by atoms with E-state index < -0.39 is 23.3 Å². The van der Waals surface area contributed by atoms with E-state index in [4.69, 9.17) is 0 Å². The summed E-state index contributed by atoms with van der Waals surface area (Å²) in [7, 11) is 0. The summed E-state index contributed by atoms with van der Waals surface area (Å²) in [6.45, 7) is 5.98. The zero-order valence-corrected chi connectivity index (χ0v) is 18.5. The Morgan fingerprint density at radius 3 is 2.75 bits per heavy atom. The van der Waals surface area contributed by atoms with E-state index in [2.05, 4.69) is 36.4 Å². The maximum atomic E-state index is 14.4. The van der Waals surface area contributed by atoms with Gasteiger partial charge in [-0.05, 0) is 48.3 Å². The highest BCUT2D eigenvalue weighted by Gasteiger charge is 2.56. The Hall–Kier alpha value is -3.23. The number of benzene rings is 1. The first-order valence-electron chi connectivity index (χ1n) is 10.8. The van der Waals surface area contributed by atoms with Gasteiger partial charge >= 0.3 is 6.03 Å². The standard InChI is InChI=1S/C23H28FN5O3/c1-15-9-22(2,3)13-23(10-15)20(31)29(21(32)27-23)12-19(30)26-11-16-4-5-18(17(24)8-16)28-7-6-25-14-28/h4-8,14-15H,9-13H2,1-3H3,(H,26,30)(H,27,32). The highest BCUT2D eigenvalue weighted by atomic mass is 19.1. The number of hydrogen-bond acceptors (Lipinski definition) is 4. The summed E-state index contributed by atoms with van der Waals surface area (Å²) >= 11 is 0. The second-order valence-corrected chi connectivity index (χ2v) is 9.79. The molecule has 0 bridgehead atoms. The molecule has 1 saturated heterocycles. The maximum absolute atomic E-state index is 14.4. The predicted molar refractivity (Wildman–Crippen MR) is 115 cm³/mol. The number of halogens is 1. The fourth-order valence-electron chi connectivity index (χ4n) is 5.32. The Balaban J connectivity index is 1.38. The monoisotopic (exact) mass is 441 g/mol. The second kappa shape index (κ2) is 8.03. The van der Waals surface area contributed by atoms with Gasteiger partial charge in [-0.15, -0.1) is 0 Å². The number of imide groups is 1. The lowest BCUT2D eigenvalue weighted by atomic mass is 9.64. The summed E-state index contributed by atoms with van der Waals surface area (Å²) in [5.41, 5.74) is -0.0977. The third-order valence-electron chi connectivity index (χ3n) is 6.21. The zero-order valence-electron chi connectivity index (χ0n) is 18.5. The molecule has 1 aliphatic heterocycles. The van der Waals surface area contributed by atoms with Crippen molar-refractivity contribution < 1.29 is 18.8 Å². The van der Waals surface area contributed by atoms with Crippen LogP contribution in [0.5, 0.6) is 0 Å². The summed E-state index contributed by atoms with van der Waals surface area (Å²) in [4.78, 5) is 43.0. The van der Waals surface area contributed by atoms with Gasteiger partial charge in [0, 0.05) is 18.9 Å². The van der Waals surface area contributed by atoms with Crippen LogP contribution in [0.1, 0.15) is 45.6 Å². The van der Waals surface area contributed by atoms with Crippen molar-refractivity contribution in [3.8, 4) is 5.69 Å². The van der Waals surface area contributed by atoms with Crippen LogP contribution in [0, 0.1) is 17.2 Å². The van der Waals surface area contributed by atoms with E-state index in [0.717, 1.165) is 11.3 Å². The molecule has 2 aliphatic rings. The Bertz CT molecular complexity index is 1050. The first kappa shape index (κ1) is 22.0. The van der Waals surface area contributed by atoms with Crippen molar-refractivity contribution in [3.05, 3.63) is 48.3 Å². The number of nitrogens with zero attached hydrogens (tertiary/aromatic N) is 3. The van der Waals surface area contributed by atoms with E-state index >= 15 is 0 Å². The van der Waals surface area contributed by atoms with Crippen LogP contribution in [-0.2, 0) is 16.1 Å². The number of imidazole rings is 1. The smallest absolute Gasteiger partial charge is 0.325 e. The number of amides is 4. The van der Waals surface area contributed by atoms with Gasteiger partial charge in [-0.25, -0.2) is 14.2 Å². The van der Waals surface area contributed by atoms with E-state index in [1.54, 1.807) is 29.1 Å². The average Bonchev–Trinajstić information content (AvgIpc) is 3.28. The van der Waals surface area contributed by atoms with Crippen molar-refractivity contribution in [2.45, 2.75) is 52.1 Å². The van der Waals surface area contributed by atoms with Crippen molar-refractivity contribution >= 4 is 17.8 Å². The number of aromatic nitrogens is 2. The summed E-state index contributed by atoms with van der Waals surface area (Å²) in [6.07, 6.45) is 6.80. The van der Waals surface area contributed by atoms with E-state index in [-0.39, 0.29) is 30.3 Å². The average molecular weight is 442 g/mol. The molecule has 1 aromatic carbocycles. The Morgan fingerprint density at radius 1 is 1.31 bits per heavy atom. The molecule has 0 radical (unpaired) electrons. The molecule has 1 aliphatic carbocycles. The fraction of sp³-hybridized carbons (Fsp3) is 0.478. The van der Waals surface area contributed by atoms with E-state index in [1.165, 1.54) is 12.4 Å². The van der Waals surface area contributed by atoms with Crippen LogP contribution in [0.4, 0.5) is 9.18 Å². The molecule has 2 heterocycles. The lowest BCUT2D eigenvalue weighted by molar-refractivity contribution is -0.137. The molecule has 1 aromatic heterocycles. The van der Waals surface area contributed by atoms with Gasteiger partial charge in [0.2, 0.25) is 5.91 Å². The molecule has 2 fully saturated rings. The summed E-state index contributed by atoms with van der Waals surface area (Å²) in [5.74, 6) is -0.974. The van der Waals surface area contributed by atoms with Gasteiger partial charge in [0.15, 0.2) is 0 Å². The summed E-state index contributed by atoms with van der Waals surface area (Å²) < 4.78 is 16.0. The second-order valence-electron chi connectivity index (χ2n) is 9.79. The Labute approximate surface area is 186 Å². The largest absolute Gasteiger partial charge is 0.350 e. The molecule has 9 heteroatoms. The first-order chi connectivity index (χ1) is 15.1. The minimum atomic E-state index is -0.940. The number of carbonyl (C=O) groups is 3. The Kier molecular flexibility index (Phi) is 5.52. The van der Waals surface area contributed by atoms with E-state index in [1.807, 2.05) is 0 Å². The Morgan fingerprint density at radius 2 is 2.09 bits per heavy atom. The highest BCUT2D eigenvalue weighted by molar-refractivity contribution is 6.09. The number of rotatable bonds is 5. The number of hydrogen-bond donors (Lipinski definition) is 2. The van der Waals surface area contributed by atoms with E-state index in [0.29, 0.717) is 24.1 Å². The van der Waals surface area contributed by atoms with Crippen LogP contribution in [-0.4, -0.2) is 44.4 Å². The van der Waals surface area contributed by atoms with Crippen molar-refractivity contribution in [1.29, 1.82) is 0 Å². The predicted octanol–water partition coefficient (Wildman–Crippen LogP) is 2.76. The van der Waals surface area contributed by atoms with Crippen LogP contribution in [0.3, 0.4) is 0 Å². The molecule has 2 atom stereocenters. The SMILES string of the molecule is CC1CC(C)(C)CC2(C1)NC(=O)N(CC(=O)NCc1ccc(-n3ccnc3)c(F)c1)C2=O. The summed E-state index contributed by atoms with van der Waals surface area (Å²) in [6, 6.07) is 4.10. The first-order valence-corrected chi connectivity index (χ1v) is 10.8. The molecule has 4 rings (SSSR count). The molecule has 1 saturated carbocycles. The summed E-state index contributed by atoms with van der Waals surface area (Å²) in [5, 5.41) is 5.53. The van der Waals surface area contributed by atoms with Gasteiger partial charge in [-0.1, -0.05) is 26.8 Å². The molecule has 2 aromatic rings. The molecule has 4 amide bonds. The lowest BCUT2D eigenvalue weighted by Gasteiger charge is -2.43. The van der Waals surface area contributed by atoms with Crippen LogP contribution in [0.2, 0.25) is 0 Å². The third kappa shape index (κ3) is 4.24. The third-order valence-corrected chi connectivity index (χ3v) is 6.21. The molecule has 2 unspecified atom stereocenters. The van der Waals surface area contributed by atoms with Crippen LogP contribution in [0.15, 0.2) is 36.9 Å². The molecule has 1 spiro atoms. The maximum Gasteiger partial charge on any atom is 0.325 e. The lowest BCUT2D eigenvalue weighted by Crippen LogP contribution is -2.54. The van der Waals surface area contributed by atoms with Gasteiger partial charge in [-0.3, -0.25) is 14.5 Å². The van der Waals surface area contributed by atoms with Gasteiger partial charge in [-0.2, -0.15) is 0 Å². The molecule has 8 nitrogen and oxygen atoms in total. The van der Waals surface area contributed by atoms with Crippen LogP contribution in [0.25, 0.3) is 5.69 Å². The fourth-order valence-corrected chi connectivity index (χ4v) is 5.32. The van der Waals surface area contributed by atoms with Crippen LogP contribution >= 0.6 is 0 Å². The molecular formula is C23H28FN5O3. The number of urea groups is 1. The topological polar surface area (TPSA) is 96.3 Å². The molecule has 2 N–H and O–H groups in total. The zero-order chi connectivity index (χ0) is 23.1. The van der Waals surface area contributed by atoms with Gasteiger partial charge in [0.1, 0.15) is 17.9 Å². The van der Waals surface area contributed by atoms with Gasteiger partial charge < -0.3 is 15.2 Å². The van der Waals surface area contributed by atoms with Gasteiger partial charge in [0.25, 0.3) is 5.91 Å². The molecular weight excluding hydrogens is 413 g/mol. The van der Waals surface area contributed by atoms with Crippen molar-refractivity contribution in [2.75, 3.05) is 6.54 Å². The number of carbonyl (C=O) groups excluding carboxylic acids is 3. The van der Waals surface area contributed by atoms with Crippen molar-refractivity contribution in [1.82, 2.24) is 25.1 Å². The molecule has 32 heavy (non-hydrogen) atoms. The minimum absolute atomic E-state index is 0.0776. The van der Waals surface area contributed by atoms with Crippen LogP contribution < -0.4 is 10.6 Å². The van der Waals surface area contributed by atoms with Crippen molar-refractivity contribution in [3.63, 3.8) is 0 Å². The highest BCUT2D eigenvalue weighted by Crippen LogP contribution is 2.46. The van der Waals surface area contributed by atoms with Gasteiger partial charge in [0.05, 0.1) is 12.0 Å².